The standard InChI is InChI=1S/C25H37N3O5S2/c1-19-20(2)34-25(26-19)28-24(30)21-15-12-13-16-22(21)27-23(29)17-11-9-7-5-4-6-8-10-14-18-33-35(3,31)32/h12-13,15-16H,4-11,14,17-18H2,1-3H3,(H,27,29)(H,26,28,30). The number of aromatic nitrogens is 1. The molecule has 0 unspecified atom stereocenters. The second-order valence-corrected chi connectivity index (χ2v) is 11.5. The lowest BCUT2D eigenvalue weighted by Gasteiger charge is -2.10. The lowest BCUT2D eigenvalue weighted by atomic mass is 10.1. The van der Waals surface area contributed by atoms with Gasteiger partial charge in [-0.2, -0.15) is 8.42 Å². The van der Waals surface area contributed by atoms with Crippen LogP contribution < -0.4 is 10.6 Å². The van der Waals surface area contributed by atoms with Gasteiger partial charge in [0.15, 0.2) is 5.13 Å². The van der Waals surface area contributed by atoms with Crippen molar-refractivity contribution in [3.63, 3.8) is 0 Å². The van der Waals surface area contributed by atoms with Crippen LogP contribution in [-0.2, 0) is 19.1 Å². The highest BCUT2D eigenvalue weighted by atomic mass is 32.2. The molecule has 0 aliphatic heterocycles. The molecule has 2 rings (SSSR count). The van der Waals surface area contributed by atoms with Crippen molar-refractivity contribution >= 4 is 44.1 Å². The number of hydrogen-bond donors (Lipinski definition) is 2. The SMILES string of the molecule is Cc1nc(NC(=O)c2ccccc2NC(=O)CCCCCCCCCCCOS(C)(=O)=O)sc1C. The molecule has 0 aliphatic carbocycles. The summed E-state index contributed by atoms with van der Waals surface area (Å²) in [4.78, 5) is 30.5. The van der Waals surface area contributed by atoms with Gasteiger partial charge in [-0.1, -0.05) is 57.1 Å². The highest BCUT2D eigenvalue weighted by Gasteiger charge is 2.15. The Kier molecular flexibility index (Phi) is 12.4. The van der Waals surface area contributed by atoms with Crippen molar-refractivity contribution in [2.75, 3.05) is 23.5 Å². The first-order valence-electron chi connectivity index (χ1n) is 12.1. The highest BCUT2D eigenvalue weighted by molar-refractivity contribution is 7.85. The predicted molar refractivity (Wildman–Crippen MR) is 142 cm³/mol. The van der Waals surface area contributed by atoms with E-state index in [1.807, 2.05) is 13.8 Å². The Morgan fingerprint density at radius 2 is 1.51 bits per heavy atom. The van der Waals surface area contributed by atoms with Crippen molar-refractivity contribution in [3.05, 3.63) is 40.4 Å². The fraction of sp³-hybridized carbons (Fsp3) is 0.560. The Morgan fingerprint density at radius 3 is 2.11 bits per heavy atom. The second-order valence-electron chi connectivity index (χ2n) is 8.67. The molecule has 2 N–H and O–H groups in total. The summed E-state index contributed by atoms with van der Waals surface area (Å²) >= 11 is 1.43. The van der Waals surface area contributed by atoms with Gasteiger partial charge in [-0.15, -0.1) is 11.3 Å². The molecule has 0 bridgehead atoms. The van der Waals surface area contributed by atoms with Gasteiger partial charge in [0.2, 0.25) is 5.91 Å². The van der Waals surface area contributed by atoms with Crippen LogP contribution in [0.5, 0.6) is 0 Å². The van der Waals surface area contributed by atoms with Gasteiger partial charge in [-0.25, -0.2) is 4.98 Å². The topological polar surface area (TPSA) is 114 Å². The van der Waals surface area contributed by atoms with Crippen molar-refractivity contribution in [3.8, 4) is 0 Å². The molecule has 10 heteroatoms. The molecule has 1 aromatic heterocycles. The van der Waals surface area contributed by atoms with E-state index in [0.29, 0.717) is 22.8 Å². The number of para-hydroxylation sites is 1. The van der Waals surface area contributed by atoms with Crippen LogP contribution in [0.25, 0.3) is 0 Å². The summed E-state index contributed by atoms with van der Waals surface area (Å²) in [5.74, 6) is -0.389. The summed E-state index contributed by atoms with van der Waals surface area (Å²) in [5, 5.41) is 6.24. The minimum atomic E-state index is -3.33. The van der Waals surface area contributed by atoms with Crippen LogP contribution in [0.2, 0.25) is 0 Å². The summed E-state index contributed by atoms with van der Waals surface area (Å²) < 4.78 is 26.5. The molecule has 0 aliphatic rings. The summed E-state index contributed by atoms with van der Waals surface area (Å²) in [6.45, 7) is 4.12. The van der Waals surface area contributed by atoms with Crippen LogP contribution in [0.1, 0.15) is 85.1 Å². The number of aryl methyl sites for hydroxylation is 2. The monoisotopic (exact) mass is 523 g/mol. The molecule has 0 saturated carbocycles. The van der Waals surface area contributed by atoms with Crippen molar-refractivity contribution in [1.29, 1.82) is 0 Å². The van der Waals surface area contributed by atoms with Crippen molar-refractivity contribution < 1.29 is 22.2 Å². The Bertz CT molecular complexity index is 1050. The number of benzene rings is 1. The molecular weight excluding hydrogens is 486 g/mol. The summed E-state index contributed by atoms with van der Waals surface area (Å²) in [6.07, 6.45) is 10.6. The Morgan fingerprint density at radius 1 is 0.914 bits per heavy atom. The number of carbonyl (C=O) groups excluding carboxylic acids is 2. The molecule has 194 valence electrons. The first-order valence-corrected chi connectivity index (χ1v) is 14.8. The first kappa shape index (κ1) is 28.9. The number of hydrogen-bond acceptors (Lipinski definition) is 7. The fourth-order valence-electron chi connectivity index (χ4n) is 3.53. The number of nitrogens with one attached hydrogen (secondary N) is 2. The van der Waals surface area contributed by atoms with Crippen LogP contribution in [-0.4, -0.2) is 38.1 Å². The molecule has 0 spiro atoms. The van der Waals surface area contributed by atoms with Crippen molar-refractivity contribution in [2.45, 2.75) is 78.1 Å². The molecule has 2 amide bonds. The number of anilines is 2. The van der Waals surface area contributed by atoms with Gasteiger partial charge >= 0.3 is 0 Å². The van der Waals surface area contributed by atoms with Gasteiger partial charge in [0.25, 0.3) is 16.0 Å². The van der Waals surface area contributed by atoms with Gasteiger partial charge in [-0.05, 0) is 38.8 Å². The third-order valence-corrected chi connectivity index (χ3v) is 7.12. The molecule has 2 aromatic rings. The van der Waals surface area contributed by atoms with E-state index in [4.69, 9.17) is 4.18 Å². The van der Waals surface area contributed by atoms with Crippen LogP contribution in [0.15, 0.2) is 24.3 Å². The summed E-state index contributed by atoms with van der Waals surface area (Å²) in [6, 6.07) is 6.99. The molecule has 1 heterocycles. The molecule has 35 heavy (non-hydrogen) atoms. The maximum absolute atomic E-state index is 12.7. The molecule has 8 nitrogen and oxygen atoms in total. The van der Waals surface area contributed by atoms with E-state index in [1.165, 1.54) is 11.3 Å². The molecule has 1 aromatic carbocycles. The quantitative estimate of drug-likeness (QED) is 0.211. The fourth-order valence-corrected chi connectivity index (χ4v) is 4.76. The number of amides is 2. The predicted octanol–water partition coefficient (Wildman–Crippen LogP) is 5.83. The molecule has 0 fully saturated rings. The van der Waals surface area contributed by atoms with E-state index in [9.17, 15) is 18.0 Å². The van der Waals surface area contributed by atoms with Gasteiger partial charge in [0, 0.05) is 11.3 Å². The van der Waals surface area contributed by atoms with Crippen LogP contribution in [0, 0.1) is 13.8 Å². The highest BCUT2D eigenvalue weighted by Crippen LogP contribution is 2.23. The Labute approximate surface area is 213 Å². The zero-order valence-electron chi connectivity index (χ0n) is 20.9. The minimum Gasteiger partial charge on any atom is -0.325 e. The summed E-state index contributed by atoms with van der Waals surface area (Å²) in [7, 11) is -3.33. The van der Waals surface area contributed by atoms with E-state index in [1.54, 1.807) is 24.3 Å². The van der Waals surface area contributed by atoms with Crippen LogP contribution in [0.3, 0.4) is 0 Å². The van der Waals surface area contributed by atoms with E-state index in [0.717, 1.165) is 74.6 Å². The van der Waals surface area contributed by atoms with E-state index >= 15 is 0 Å². The lowest BCUT2D eigenvalue weighted by molar-refractivity contribution is -0.116. The van der Waals surface area contributed by atoms with E-state index in [-0.39, 0.29) is 18.4 Å². The van der Waals surface area contributed by atoms with Gasteiger partial charge in [-0.3, -0.25) is 19.1 Å². The smallest absolute Gasteiger partial charge is 0.264 e. The second kappa shape index (κ2) is 15.0. The number of rotatable bonds is 16. The van der Waals surface area contributed by atoms with Crippen molar-refractivity contribution in [2.24, 2.45) is 0 Å². The molecule has 0 radical (unpaired) electrons. The summed E-state index contributed by atoms with van der Waals surface area (Å²) in [5.41, 5.74) is 1.81. The number of thiazole rings is 1. The first-order chi connectivity index (χ1) is 16.7. The lowest BCUT2D eigenvalue weighted by Crippen LogP contribution is -2.18. The molecular formula is C25H37N3O5S2. The van der Waals surface area contributed by atoms with E-state index < -0.39 is 10.1 Å². The van der Waals surface area contributed by atoms with Gasteiger partial charge in [0.1, 0.15) is 0 Å². The number of nitrogens with zero attached hydrogens (tertiary/aromatic N) is 1. The third-order valence-electron chi connectivity index (χ3n) is 5.54. The Hall–Kier alpha value is -2.30. The van der Waals surface area contributed by atoms with Crippen molar-refractivity contribution in [1.82, 2.24) is 4.98 Å². The molecule has 0 saturated heterocycles. The maximum Gasteiger partial charge on any atom is 0.264 e. The number of unbranched alkanes of at least 4 members (excludes halogenated alkanes) is 8. The molecule has 0 atom stereocenters. The number of carbonyl (C=O) groups is 2. The average Bonchev–Trinajstić information content (AvgIpc) is 3.10. The van der Waals surface area contributed by atoms with Crippen LogP contribution >= 0.6 is 11.3 Å². The zero-order chi connectivity index (χ0) is 25.7. The largest absolute Gasteiger partial charge is 0.325 e. The van der Waals surface area contributed by atoms with Gasteiger partial charge in [0.05, 0.1) is 29.8 Å². The Balaban J connectivity index is 1.60. The maximum atomic E-state index is 12.7. The van der Waals surface area contributed by atoms with Crippen LogP contribution in [0.4, 0.5) is 10.8 Å². The minimum absolute atomic E-state index is 0.0949. The van der Waals surface area contributed by atoms with E-state index in [2.05, 4.69) is 15.6 Å². The third kappa shape index (κ3) is 11.8. The average molecular weight is 524 g/mol. The normalized spacial score (nSPS) is 11.4. The zero-order valence-corrected chi connectivity index (χ0v) is 22.5. The van der Waals surface area contributed by atoms with Gasteiger partial charge < -0.3 is 5.32 Å².